The molecule has 4 nitrogen and oxygen atoms in total. The smallest absolute Gasteiger partial charge is 0.260 e. The molecule has 0 aromatic carbocycles. The molecule has 96 valence electrons. The minimum atomic E-state index is 0.00833. The third kappa shape index (κ3) is 2.18. The third-order valence-electron chi connectivity index (χ3n) is 2.91. The van der Waals surface area contributed by atoms with Gasteiger partial charge in [0.05, 0.1) is 11.3 Å². The van der Waals surface area contributed by atoms with E-state index in [0.29, 0.717) is 28.9 Å². The number of hydrogen-bond donors (Lipinski definition) is 1. The lowest BCUT2D eigenvalue weighted by Crippen LogP contribution is -2.24. The number of pyridine rings is 1. The Labute approximate surface area is 110 Å². The van der Waals surface area contributed by atoms with Crippen LogP contribution in [0.15, 0.2) is 22.3 Å². The van der Waals surface area contributed by atoms with Gasteiger partial charge < -0.3 is 10.3 Å². The Bertz CT molecular complexity index is 613. The van der Waals surface area contributed by atoms with E-state index >= 15 is 0 Å². The number of thiazole rings is 1. The topological polar surface area (TPSA) is 60.9 Å². The van der Waals surface area contributed by atoms with Crippen LogP contribution in [-0.2, 0) is 6.54 Å². The standard InChI is InChI=1S/C13H17N3OS/c1-4-16-11(8(2)3)6-5-9(12(16)17)10-7-18-13(14)15-10/h5-8H,4H2,1-3H3,(H2,14,15). The van der Waals surface area contributed by atoms with Gasteiger partial charge in [-0.25, -0.2) is 4.98 Å². The van der Waals surface area contributed by atoms with Gasteiger partial charge in [0.1, 0.15) is 0 Å². The van der Waals surface area contributed by atoms with Crippen molar-refractivity contribution >= 4 is 16.5 Å². The Kier molecular flexibility index (Phi) is 3.52. The number of nitrogen functional groups attached to an aromatic ring is 1. The number of anilines is 1. The lowest BCUT2D eigenvalue weighted by Gasteiger charge is -2.14. The highest BCUT2D eigenvalue weighted by molar-refractivity contribution is 7.13. The summed E-state index contributed by atoms with van der Waals surface area (Å²) >= 11 is 1.35. The van der Waals surface area contributed by atoms with Crippen molar-refractivity contribution in [2.24, 2.45) is 0 Å². The zero-order valence-electron chi connectivity index (χ0n) is 10.8. The molecule has 0 bridgehead atoms. The summed E-state index contributed by atoms with van der Waals surface area (Å²) in [6.45, 7) is 6.81. The minimum absolute atomic E-state index is 0.00833. The maximum absolute atomic E-state index is 12.4. The molecule has 2 N–H and O–H groups in total. The van der Waals surface area contributed by atoms with E-state index in [2.05, 4.69) is 18.8 Å². The highest BCUT2D eigenvalue weighted by Gasteiger charge is 2.13. The van der Waals surface area contributed by atoms with E-state index in [9.17, 15) is 4.79 Å². The van der Waals surface area contributed by atoms with Gasteiger partial charge in [0.15, 0.2) is 5.13 Å². The minimum Gasteiger partial charge on any atom is -0.375 e. The second-order valence-electron chi connectivity index (χ2n) is 4.45. The highest BCUT2D eigenvalue weighted by Crippen LogP contribution is 2.22. The van der Waals surface area contributed by atoms with Crippen LogP contribution in [0.1, 0.15) is 32.4 Å². The van der Waals surface area contributed by atoms with Gasteiger partial charge in [-0.1, -0.05) is 13.8 Å². The predicted octanol–water partition coefficient (Wildman–Crippen LogP) is 2.70. The fraction of sp³-hybridized carbons (Fsp3) is 0.385. The summed E-state index contributed by atoms with van der Waals surface area (Å²) < 4.78 is 1.80. The molecule has 18 heavy (non-hydrogen) atoms. The summed E-state index contributed by atoms with van der Waals surface area (Å²) in [4.78, 5) is 16.6. The van der Waals surface area contributed by atoms with Gasteiger partial charge in [0.25, 0.3) is 5.56 Å². The van der Waals surface area contributed by atoms with Crippen LogP contribution in [0.3, 0.4) is 0 Å². The molecule has 5 heteroatoms. The molecule has 2 rings (SSSR count). The quantitative estimate of drug-likeness (QED) is 0.926. The zero-order valence-corrected chi connectivity index (χ0v) is 11.6. The molecule has 0 atom stereocenters. The van der Waals surface area contributed by atoms with Crippen molar-refractivity contribution in [1.29, 1.82) is 0 Å². The van der Waals surface area contributed by atoms with Crippen LogP contribution in [0.5, 0.6) is 0 Å². The predicted molar refractivity (Wildman–Crippen MR) is 76.0 cm³/mol. The average molecular weight is 263 g/mol. The third-order valence-corrected chi connectivity index (χ3v) is 3.59. The van der Waals surface area contributed by atoms with E-state index in [0.717, 1.165) is 5.69 Å². The van der Waals surface area contributed by atoms with Crippen molar-refractivity contribution in [2.45, 2.75) is 33.2 Å². The number of hydrogen-bond acceptors (Lipinski definition) is 4. The van der Waals surface area contributed by atoms with E-state index in [1.165, 1.54) is 11.3 Å². The van der Waals surface area contributed by atoms with Gasteiger partial charge in [0.2, 0.25) is 0 Å². The van der Waals surface area contributed by atoms with Gasteiger partial charge >= 0.3 is 0 Å². The first kappa shape index (κ1) is 12.8. The largest absolute Gasteiger partial charge is 0.375 e. The van der Waals surface area contributed by atoms with Gasteiger partial charge in [-0.3, -0.25) is 4.79 Å². The average Bonchev–Trinajstić information content (AvgIpc) is 2.75. The van der Waals surface area contributed by atoms with Crippen LogP contribution in [0.4, 0.5) is 5.13 Å². The Hall–Kier alpha value is -1.62. The molecule has 0 unspecified atom stereocenters. The van der Waals surface area contributed by atoms with E-state index in [1.807, 2.05) is 24.4 Å². The molecule has 0 aliphatic heterocycles. The summed E-state index contributed by atoms with van der Waals surface area (Å²) in [6.07, 6.45) is 0. The number of aromatic nitrogens is 2. The molecule has 0 aliphatic carbocycles. The summed E-state index contributed by atoms with van der Waals surface area (Å²) in [5.41, 5.74) is 7.96. The molecule has 0 radical (unpaired) electrons. The second-order valence-corrected chi connectivity index (χ2v) is 5.34. The first-order valence-corrected chi connectivity index (χ1v) is 6.87. The van der Waals surface area contributed by atoms with Gasteiger partial charge in [-0.05, 0) is 25.0 Å². The zero-order chi connectivity index (χ0) is 13.3. The van der Waals surface area contributed by atoms with E-state index in [1.54, 1.807) is 4.57 Å². The van der Waals surface area contributed by atoms with Crippen LogP contribution >= 0.6 is 11.3 Å². The lowest BCUT2D eigenvalue weighted by molar-refractivity contribution is 0.641. The fourth-order valence-electron chi connectivity index (χ4n) is 2.03. The van der Waals surface area contributed by atoms with E-state index < -0.39 is 0 Å². The van der Waals surface area contributed by atoms with Crippen LogP contribution in [0, 0.1) is 0 Å². The van der Waals surface area contributed by atoms with Gasteiger partial charge in [0, 0.05) is 17.6 Å². The monoisotopic (exact) mass is 263 g/mol. The van der Waals surface area contributed by atoms with Crippen LogP contribution in [0.2, 0.25) is 0 Å². The number of nitrogens with two attached hydrogens (primary N) is 1. The van der Waals surface area contributed by atoms with Crippen molar-refractivity contribution in [3.8, 4) is 11.3 Å². The molecule has 0 spiro atoms. The molecule has 0 saturated heterocycles. The van der Waals surface area contributed by atoms with Gasteiger partial charge in [-0.2, -0.15) is 0 Å². The number of rotatable bonds is 3. The fourth-order valence-corrected chi connectivity index (χ4v) is 2.59. The summed E-state index contributed by atoms with van der Waals surface area (Å²) in [5, 5.41) is 2.31. The molecule has 2 heterocycles. The van der Waals surface area contributed by atoms with E-state index in [4.69, 9.17) is 5.73 Å². The number of nitrogens with zero attached hydrogens (tertiary/aromatic N) is 2. The van der Waals surface area contributed by atoms with Crippen molar-refractivity contribution in [1.82, 2.24) is 9.55 Å². The van der Waals surface area contributed by atoms with Crippen LogP contribution in [-0.4, -0.2) is 9.55 Å². The Morgan fingerprint density at radius 1 is 1.44 bits per heavy atom. The van der Waals surface area contributed by atoms with Crippen molar-refractivity contribution in [2.75, 3.05) is 5.73 Å². The summed E-state index contributed by atoms with van der Waals surface area (Å²) in [6, 6.07) is 3.85. The van der Waals surface area contributed by atoms with Crippen LogP contribution < -0.4 is 11.3 Å². The molecule has 0 aliphatic rings. The molecule has 0 saturated carbocycles. The SMILES string of the molecule is CCn1c(C(C)C)ccc(-c2csc(N)n2)c1=O. The Morgan fingerprint density at radius 2 is 2.17 bits per heavy atom. The Morgan fingerprint density at radius 3 is 2.67 bits per heavy atom. The molecule has 0 fully saturated rings. The van der Waals surface area contributed by atoms with E-state index in [-0.39, 0.29) is 5.56 Å². The summed E-state index contributed by atoms with van der Waals surface area (Å²) in [5.74, 6) is 0.326. The first-order chi connectivity index (χ1) is 8.54. The maximum Gasteiger partial charge on any atom is 0.260 e. The van der Waals surface area contributed by atoms with Crippen molar-refractivity contribution < 1.29 is 0 Å². The van der Waals surface area contributed by atoms with Gasteiger partial charge in [-0.15, -0.1) is 11.3 Å². The highest BCUT2D eigenvalue weighted by atomic mass is 32.1. The molecule has 2 aromatic rings. The second kappa shape index (κ2) is 4.94. The Balaban J connectivity index is 2.62. The van der Waals surface area contributed by atoms with Crippen molar-refractivity contribution in [3.05, 3.63) is 33.6 Å². The normalized spacial score (nSPS) is 11.1. The molecule has 0 amide bonds. The molecule has 2 aromatic heterocycles. The summed E-state index contributed by atoms with van der Waals surface area (Å²) in [7, 11) is 0. The maximum atomic E-state index is 12.4. The van der Waals surface area contributed by atoms with Crippen molar-refractivity contribution in [3.63, 3.8) is 0 Å². The van der Waals surface area contributed by atoms with Crippen LogP contribution in [0.25, 0.3) is 11.3 Å². The first-order valence-electron chi connectivity index (χ1n) is 5.99. The molecular weight excluding hydrogens is 246 g/mol. The molecular formula is C13H17N3OS. The lowest BCUT2D eigenvalue weighted by atomic mass is 10.1.